The molecule has 0 aromatic rings. The largest absolute Gasteiger partial charge is 0.480 e. The van der Waals surface area contributed by atoms with Gasteiger partial charge in [-0.2, -0.15) is 0 Å². The van der Waals surface area contributed by atoms with Crippen LogP contribution in [0.15, 0.2) is 0 Å². The summed E-state index contributed by atoms with van der Waals surface area (Å²) in [6.45, 7) is 6.26. The van der Waals surface area contributed by atoms with Gasteiger partial charge in [-0.1, -0.05) is 20.8 Å². The number of carbonyl (C=O) groups excluding carboxylic acids is 1. The van der Waals surface area contributed by atoms with Gasteiger partial charge in [0.05, 0.1) is 5.88 Å². The molecule has 1 heterocycles. The van der Waals surface area contributed by atoms with Gasteiger partial charge in [0.15, 0.2) is 0 Å². The zero-order valence-electron chi connectivity index (χ0n) is 12.3. The molecular weight excluding hydrogens is 276 g/mol. The van der Waals surface area contributed by atoms with Crippen molar-refractivity contribution in [2.45, 2.75) is 45.7 Å². The minimum atomic E-state index is -0.901. The first-order valence-corrected chi connectivity index (χ1v) is 8.29. The number of thioether (sulfide) groups is 1. The van der Waals surface area contributed by atoms with E-state index >= 15 is 0 Å². The van der Waals surface area contributed by atoms with Crippen molar-refractivity contribution in [3.8, 4) is 0 Å². The fraction of sp³-hybridized carbons (Fsp3) is 0.857. The molecule has 1 saturated carbocycles. The molecule has 0 aromatic heterocycles. The molecule has 2 rings (SSSR count). The van der Waals surface area contributed by atoms with Crippen molar-refractivity contribution in [3.63, 3.8) is 0 Å². The Morgan fingerprint density at radius 1 is 1.35 bits per heavy atom. The lowest BCUT2D eigenvalue weighted by molar-refractivity contribution is -0.153. The standard InChI is InChI=1S/C14H24N2O3S/c1-8-10(15)5-4-9(14(8,2)3)12(17)16-7-20-6-11(16)13(18)19/h8-11H,4-7,15H2,1-3H3,(H,18,19)/t8?,9?,10?,11-/m0/s1. The summed E-state index contributed by atoms with van der Waals surface area (Å²) in [5.74, 6) is 0.195. The molecule has 3 unspecified atom stereocenters. The molecule has 1 aliphatic carbocycles. The van der Waals surface area contributed by atoms with Crippen LogP contribution in [0.25, 0.3) is 0 Å². The third-order valence-electron chi connectivity index (χ3n) is 5.25. The van der Waals surface area contributed by atoms with E-state index < -0.39 is 12.0 Å². The first kappa shape index (κ1) is 15.6. The number of nitrogens with two attached hydrogens (primary N) is 1. The van der Waals surface area contributed by atoms with E-state index in [0.717, 1.165) is 12.8 Å². The number of hydrogen-bond donors (Lipinski definition) is 2. The zero-order valence-corrected chi connectivity index (χ0v) is 13.2. The molecule has 1 saturated heterocycles. The number of carboxylic acid groups (broad SMARTS) is 1. The third-order valence-corrected chi connectivity index (χ3v) is 6.26. The molecule has 20 heavy (non-hydrogen) atoms. The topological polar surface area (TPSA) is 83.6 Å². The highest BCUT2D eigenvalue weighted by atomic mass is 32.2. The van der Waals surface area contributed by atoms with Gasteiger partial charge in [0, 0.05) is 17.7 Å². The first-order chi connectivity index (χ1) is 9.26. The van der Waals surface area contributed by atoms with Crippen LogP contribution in [-0.4, -0.2) is 45.6 Å². The number of rotatable bonds is 2. The molecule has 4 atom stereocenters. The summed E-state index contributed by atoms with van der Waals surface area (Å²) in [4.78, 5) is 25.6. The summed E-state index contributed by atoms with van der Waals surface area (Å²) < 4.78 is 0. The quantitative estimate of drug-likeness (QED) is 0.805. The summed E-state index contributed by atoms with van der Waals surface area (Å²) >= 11 is 1.51. The fourth-order valence-corrected chi connectivity index (χ4v) is 4.51. The maximum atomic E-state index is 12.8. The van der Waals surface area contributed by atoms with Crippen LogP contribution in [0.5, 0.6) is 0 Å². The Hall–Kier alpha value is -0.750. The second-order valence-electron chi connectivity index (χ2n) is 6.57. The predicted octanol–water partition coefficient (Wildman–Crippen LogP) is 1.37. The van der Waals surface area contributed by atoms with E-state index in [-0.39, 0.29) is 29.2 Å². The van der Waals surface area contributed by atoms with Gasteiger partial charge in [0.1, 0.15) is 6.04 Å². The van der Waals surface area contributed by atoms with Crippen LogP contribution in [0.1, 0.15) is 33.6 Å². The number of carboxylic acids is 1. The fourth-order valence-electron chi connectivity index (χ4n) is 3.36. The Labute approximate surface area is 124 Å². The highest BCUT2D eigenvalue weighted by molar-refractivity contribution is 7.99. The van der Waals surface area contributed by atoms with Gasteiger partial charge in [-0.25, -0.2) is 4.79 Å². The number of carbonyl (C=O) groups is 2. The van der Waals surface area contributed by atoms with Crippen molar-refractivity contribution in [2.75, 3.05) is 11.6 Å². The monoisotopic (exact) mass is 300 g/mol. The van der Waals surface area contributed by atoms with Gasteiger partial charge in [0.2, 0.25) is 5.91 Å². The van der Waals surface area contributed by atoms with E-state index in [0.29, 0.717) is 11.6 Å². The number of hydrogen-bond acceptors (Lipinski definition) is 4. The first-order valence-electron chi connectivity index (χ1n) is 7.13. The summed E-state index contributed by atoms with van der Waals surface area (Å²) in [5, 5.41) is 9.23. The summed E-state index contributed by atoms with van der Waals surface area (Å²) in [6.07, 6.45) is 1.59. The molecule has 1 amide bonds. The molecule has 0 radical (unpaired) electrons. The Morgan fingerprint density at radius 3 is 2.60 bits per heavy atom. The summed E-state index contributed by atoms with van der Waals surface area (Å²) in [7, 11) is 0. The molecule has 6 heteroatoms. The minimum absolute atomic E-state index is 0.00819. The summed E-state index contributed by atoms with van der Waals surface area (Å²) in [6, 6.07) is -0.550. The van der Waals surface area contributed by atoms with Gasteiger partial charge in [-0.3, -0.25) is 4.79 Å². The Morgan fingerprint density at radius 2 is 2.00 bits per heavy atom. The highest BCUT2D eigenvalue weighted by Crippen LogP contribution is 2.45. The number of nitrogens with zero attached hydrogens (tertiary/aromatic N) is 1. The van der Waals surface area contributed by atoms with Crippen LogP contribution < -0.4 is 5.73 Å². The molecule has 0 bridgehead atoms. The molecule has 3 N–H and O–H groups in total. The van der Waals surface area contributed by atoms with Crippen LogP contribution in [-0.2, 0) is 9.59 Å². The molecule has 2 fully saturated rings. The lowest BCUT2D eigenvalue weighted by Gasteiger charge is -2.47. The van der Waals surface area contributed by atoms with Crippen LogP contribution in [0, 0.1) is 17.3 Å². The van der Waals surface area contributed by atoms with Crippen molar-refractivity contribution < 1.29 is 14.7 Å². The molecule has 2 aliphatic rings. The molecule has 1 aliphatic heterocycles. The molecule has 114 valence electrons. The van der Waals surface area contributed by atoms with Crippen molar-refractivity contribution in [2.24, 2.45) is 23.0 Å². The Bertz CT molecular complexity index is 413. The van der Waals surface area contributed by atoms with Crippen molar-refractivity contribution in [1.82, 2.24) is 4.90 Å². The average molecular weight is 300 g/mol. The maximum absolute atomic E-state index is 12.8. The van der Waals surface area contributed by atoms with Crippen LogP contribution in [0.2, 0.25) is 0 Å². The normalized spacial score (nSPS) is 36.9. The van der Waals surface area contributed by atoms with Crippen molar-refractivity contribution in [1.29, 1.82) is 0 Å². The Kier molecular flexibility index (Phi) is 4.35. The van der Waals surface area contributed by atoms with E-state index in [1.807, 2.05) is 0 Å². The Balaban J connectivity index is 2.18. The van der Waals surface area contributed by atoms with Crippen LogP contribution >= 0.6 is 11.8 Å². The molecule has 5 nitrogen and oxygen atoms in total. The SMILES string of the molecule is CC1C(N)CCC(C(=O)N2CSC[C@H]2C(=O)O)C1(C)C. The minimum Gasteiger partial charge on any atom is -0.480 e. The second-order valence-corrected chi connectivity index (χ2v) is 7.57. The molecule has 0 aromatic carbocycles. The third kappa shape index (κ3) is 2.55. The van der Waals surface area contributed by atoms with Gasteiger partial charge in [-0.15, -0.1) is 11.8 Å². The molecule has 0 spiro atoms. The maximum Gasteiger partial charge on any atom is 0.327 e. The van der Waals surface area contributed by atoms with Gasteiger partial charge < -0.3 is 15.7 Å². The number of amides is 1. The van der Waals surface area contributed by atoms with Gasteiger partial charge in [0.25, 0.3) is 0 Å². The summed E-state index contributed by atoms with van der Waals surface area (Å²) in [5.41, 5.74) is 5.93. The van der Waals surface area contributed by atoms with E-state index in [1.165, 1.54) is 11.8 Å². The molecular formula is C14H24N2O3S. The van der Waals surface area contributed by atoms with E-state index in [1.54, 1.807) is 4.90 Å². The van der Waals surface area contributed by atoms with Crippen LogP contribution in [0.3, 0.4) is 0 Å². The second kappa shape index (κ2) is 5.56. The highest BCUT2D eigenvalue weighted by Gasteiger charge is 2.48. The lowest BCUT2D eigenvalue weighted by atomic mass is 9.60. The zero-order chi connectivity index (χ0) is 15.1. The van der Waals surface area contributed by atoms with E-state index in [9.17, 15) is 14.7 Å². The van der Waals surface area contributed by atoms with E-state index in [2.05, 4.69) is 20.8 Å². The predicted molar refractivity (Wildman–Crippen MR) is 79.2 cm³/mol. The van der Waals surface area contributed by atoms with Crippen molar-refractivity contribution >= 4 is 23.6 Å². The lowest BCUT2D eigenvalue weighted by Crippen LogP contribution is -2.54. The van der Waals surface area contributed by atoms with Crippen molar-refractivity contribution in [3.05, 3.63) is 0 Å². The number of aliphatic carboxylic acids is 1. The smallest absolute Gasteiger partial charge is 0.327 e. The van der Waals surface area contributed by atoms with Crippen LogP contribution in [0.4, 0.5) is 0 Å². The average Bonchev–Trinajstić information content (AvgIpc) is 2.85. The van der Waals surface area contributed by atoms with Gasteiger partial charge >= 0.3 is 5.97 Å². The van der Waals surface area contributed by atoms with Gasteiger partial charge in [-0.05, 0) is 24.2 Å². The van der Waals surface area contributed by atoms with E-state index in [4.69, 9.17) is 5.73 Å².